The summed E-state index contributed by atoms with van der Waals surface area (Å²) < 4.78 is 0. The number of nitrogens with two attached hydrogens (primary N) is 1. The van der Waals surface area contributed by atoms with Crippen molar-refractivity contribution in [2.75, 3.05) is 26.2 Å². The van der Waals surface area contributed by atoms with E-state index < -0.39 is 58.0 Å². The van der Waals surface area contributed by atoms with Crippen LogP contribution in [0.1, 0.15) is 17.5 Å². The predicted octanol–water partition coefficient (Wildman–Crippen LogP) is 0.0816. The molecule has 1 aromatic rings. The standard InChI is InChI=1S/C22H24N4O8/c1-25(2)16-10-7-8-6-9-11(26(3)24-34)4-5-12(27)14(9)17(28)13(8)19(30)22(10,33)20(31)15(18(16)29)21(23)32/h4-5,8,10,16,27-28,31,33H,6-7H2,1-3H3,(H2,23,32)/t8?,10?,16-,22-/m0/s1. The van der Waals surface area contributed by atoms with E-state index in [9.17, 15) is 39.7 Å². The number of aliphatic hydroxyl groups is 3. The highest BCUT2D eigenvalue weighted by Gasteiger charge is 2.64. The monoisotopic (exact) mass is 472 g/mol. The Labute approximate surface area is 193 Å². The molecule has 12 nitrogen and oxygen atoms in total. The van der Waals surface area contributed by atoms with Gasteiger partial charge in [-0.25, -0.2) is 5.01 Å². The first-order chi connectivity index (χ1) is 15.9. The largest absolute Gasteiger partial charge is 0.508 e. The molecule has 6 N–H and O–H groups in total. The number of amides is 1. The third kappa shape index (κ3) is 2.88. The summed E-state index contributed by atoms with van der Waals surface area (Å²) in [6.45, 7) is 0. The molecule has 2 unspecified atom stereocenters. The van der Waals surface area contributed by atoms with Crippen LogP contribution in [0.25, 0.3) is 5.76 Å². The highest BCUT2D eigenvalue weighted by Crippen LogP contribution is 2.53. The van der Waals surface area contributed by atoms with Crippen molar-refractivity contribution in [1.29, 1.82) is 0 Å². The van der Waals surface area contributed by atoms with Crippen molar-refractivity contribution in [1.82, 2.24) is 4.90 Å². The first kappa shape index (κ1) is 23.4. The van der Waals surface area contributed by atoms with Gasteiger partial charge in [0.2, 0.25) is 5.78 Å². The van der Waals surface area contributed by atoms with E-state index >= 15 is 0 Å². The number of primary amides is 1. The molecular formula is C22H24N4O8. The summed E-state index contributed by atoms with van der Waals surface area (Å²) in [7, 11) is 4.43. The van der Waals surface area contributed by atoms with Crippen LogP contribution in [0.15, 0.2) is 34.3 Å². The number of phenols is 1. The molecule has 1 aromatic carbocycles. The number of benzene rings is 1. The maximum atomic E-state index is 13.7. The van der Waals surface area contributed by atoms with Gasteiger partial charge >= 0.3 is 0 Å². The van der Waals surface area contributed by atoms with Gasteiger partial charge in [-0.1, -0.05) is 0 Å². The first-order valence-electron chi connectivity index (χ1n) is 10.4. The molecule has 0 bridgehead atoms. The van der Waals surface area contributed by atoms with Crippen molar-refractivity contribution in [3.05, 3.63) is 45.1 Å². The molecule has 34 heavy (non-hydrogen) atoms. The molecule has 4 rings (SSSR count). The van der Waals surface area contributed by atoms with E-state index in [1.165, 1.54) is 38.2 Å². The van der Waals surface area contributed by atoms with Gasteiger partial charge in [0, 0.05) is 18.5 Å². The molecule has 1 saturated carbocycles. The average molecular weight is 472 g/mol. The maximum absolute atomic E-state index is 13.7. The number of Topliss-reactive ketones (excluding diaryl/α,β-unsaturated/α-hetero) is 2. The van der Waals surface area contributed by atoms with E-state index in [1.54, 1.807) is 0 Å². The Morgan fingerprint density at radius 2 is 1.82 bits per heavy atom. The third-order valence-corrected chi connectivity index (χ3v) is 7.05. The topological polar surface area (TPSA) is 194 Å². The number of aliphatic hydroxyl groups excluding tert-OH is 2. The number of hydrogen-bond donors (Lipinski definition) is 5. The number of carbonyl (C=O) groups is 3. The smallest absolute Gasteiger partial charge is 0.255 e. The quantitative estimate of drug-likeness (QED) is 0.227. The van der Waals surface area contributed by atoms with Gasteiger partial charge in [-0.05, 0) is 50.6 Å². The molecule has 0 heterocycles. The molecule has 0 spiro atoms. The molecule has 1 amide bonds. The lowest BCUT2D eigenvalue weighted by atomic mass is 9.57. The van der Waals surface area contributed by atoms with Crippen LogP contribution < -0.4 is 10.7 Å². The lowest BCUT2D eigenvalue weighted by Crippen LogP contribution is -2.65. The van der Waals surface area contributed by atoms with Gasteiger partial charge in [0.25, 0.3) is 5.91 Å². The lowest BCUT2D eigenvalue weighted by molar-refractivity contribution is -0.153. The second-order valence-corrected chi connectivity index (χ2v) is 9.02. The minimum atomic E-state index is -2.70. The first-order valence-corrected chi connectivity index (χ1v) is 10.4. The molecule has 3 aliphatic carbocycles. The maximum Gasteiger partial charge on any atom is 0.255 e. The van der Waals surface area contributed by atoms with Crippen LogP contribution in [0.5, 0.6) is 5.75 Å². The van der Waals surface area contributed by atoms with Crippen molar-refractivity contribution in [2.45, 2.75) is 24.5 Å². The van der Waals surface area contributed by atoms with Crippen LogP contribution in [-0.2, 0) is 20.8 Å². The van der Waals surface area contributed by atoms with Crippen molar-refractivity contribution < 1.29 is 34.8 Å². The van der Waals surface area contributed by atoms with Gasteiger partial charge in [0.15, 0.2) is 11.4 Å². The minimum absolute atomic E-state index is 0.0426. The second kappa shape index (κ2) is 7.64. The predicted molar refractivity (Wildman–Crippen MR) is 118 cm³/mol. The Bertz CT molecular complexity index is 1220. The fourth-order valence-corrected chi connectivity index (χ4v) is 5.57. The summed E-state index contributed by atoms with van der Waals surface area (Å²) in [5.74, 6) is -7.27. The molecular weight excluding hydrogens is 448 g/mol. The number of carbonyl (C=O) groups excluding carboxylic acids is 3. The number of nitrogens with zero attached hydrogens (tertiary/aromatic N) is 3. The molecule has 0 aromatic heterocycles. The minimum Gasteiger partial charge on any atom is -0.508 e. The zero-order chi connectivity index (χ0) is 25.3. The normalized spacial score (nSPS) is 28.4. The van der Waals surface area contributed by atoms with E-state index in [2.05, 4.69) is 5.29 Å². The molecule has 12 heteroatoms. The number of aromatic hydroxyl groups is 1. The van der Waals surface area contributed by atoms with Crippen molar-refractivity contribution in [3.8, 4) is 5.75 Å². The Balaban J connectivity index is 1.99. The highest BCUT2D eigenvalue weighted by molar-refractivity contribution is 6.24. The second-order valence-electron chi connectivity index (χ2n) is 9.02. The SMILES string of the molecule is CN(N=O)c1ccc(O)c2c1CC1CC3[C@H](N(C)C)C(=O)C(C(N)=O)=C(O)[C@@]3(O)C(=O)C1=C2O. The molecule has 3 aliphatic rings. The fourth-order valence-electron chi connectivity index (χ4n) is 5.57. The average Bonchev–Trinajstić information content (AvgIpc) is 2.75. The van der Waals surface area contributed by atoms with E-state index in [0.717, 1.165) is 5.01 Å². The summed E-state index contributed by atoms with van der Waals surface area (Å²) in [6, 6.07) is 1.50. The molecule has 180 valence electrons. The van der Waals surface area contributed by atoms with Crippen LogP contribution in [-0.4, -0.2) is 75.6 Å². The van der Waals surface area contributed by atoms with Gasteiger partial charge in [-0.15, -0.1) is 4.91 Å². The summed E-state index contributed by atoms with van der Waals surface area (Å²) in [6.07, 6.45) is 0.0250. The van der Waals surface area contributed by atoms with E-state index in [-0.39, 0.29) is 29.7 Å². The molecule has 0 saturated heterocycles. The number of hydrogen-bond acceptors (Lipinski definition) is 10. The summed E-state index contributed by atoms with van der Waals surface area (Å²) in [5.41, 5.74) is 2.00. The zero-order valence-corrected chi connectivity index (χ0v) is 18.6. The molecule has 4 atom stereocenters. The number of phenolic OH excluding ortho intramolecular Hbond substituents is 1. The number of rotatable bonds is 4. The Hall–Kier alpha value is -3.77. The van der Waals surface area contributed by atoms with Gasteiger partial charge < -0.3 is 26.2 Å². The number of likely N-dealkylation sites (N-methyl/N-ethyl adjacent to an activating group) is 1. The van der Waals surface area contributed by atoms with Crippen LogP contribution in [0, 0.1) is 16.7 Å². The van der Waals surface area contributed by atoms with Gasteiger partial charge in [-0.3, -0.25) is 19.3 Å². The van der Waals surface area contributed by atoms with Crippen LogP contribution in [0.2, 0.25) is 0 Å². The van der Waals surface area contributed by atoms with Crippen molar-refractivity contribution >= 4 is 28.9 Å². The fraction of sp³-hybridized carbons (Fsp3) is 0.409. The van der Waals surface area contributed by atoms with Crippen LogP contribution >= 0.6 is 0 Å². The molecule has 0 aliphatic heterocycles. The van der Waals surface area contributed by atoms with E-state index in [4.69, 9.17) is 5.73 Å². The Morgan fingerprint density at radius 3 is 2.38 bits per heavy atom. The van der Waals surface area contributed by atoms with Gasteiger partial charge in [-0.2, -0.15) is 0 Å². The number of ketones is 2. The lowest BCUT2D eigenvalue weighted by Gasteiger charge is -2.50. The molecule has 0 radical (unpaired) electrons. The van der Waals surface area contributed by atoms with Gasteiger partial charge in [0.05, 0.1) is 22.6 Å². The molecule has 1 fully saturated rings. The highest BCUT2D eigenvalue weighted by atomic mass is 16.3. The summed E-state index contributed by atoms with van der Waals surface area (Å²) in [5, 5.41) is 47.7. The van der Waals surface area contributed by atoms with Gasteiger partial charge in [0.1, 0.15) is 22.8 Å². The summed E-state index contributed by atoms with van der Waals surface area (Å²) in [4.78, 5) is 51.2. The summed E-state index contributed by atoms with van der Waals surface area (Å²) >= 11 is 0. The number of anilines is 1. The Kier molecular flexibility index (Phi) is 5.25. The van der Waals surface area contributed by atoms with Crippen molar-refractivity contribution in [3.63, 3.8) is 0 Å². The zero-order valence-electron chi connectivity index (χ0n) is 18.6. The van der Waals surface area contributed by atoms with Crippen LogP contribution in [0.4, 0.5) is 5.69 Å². The van der Waals surface area contributed by atoms with E-state index in [0.29, 0.717) is 11.3 Å². The Morgan fingerprint density at radius 1 is 1.18 bits per heavy atom. The number of nitroso groups, excluding NO2 is 1. The van der Waals surface area contributed by atoms with Crippen LogP contribution in [0.3, 0.4) is 0 Å². The third-order valence-electron chi connectivity index (χ3n) is 7.05. The van der Waals surface area contributed by atoms with Crippen molar-refractivity contribution in [2.24, 2.45) is 22.9 Å². The van der Waals surface area contributed by atoms with E-state index in [1.807, 2.05) is 0 Å². The number of fused-ring (bicyclic) bond motifs is 3.